The summed E-state index contributed by atoms with van der Waals surface area (Å²) in [5.41, 5.74) is 2.47. The molecule has 0 radical (unpaired) electrons. The fraction of sp³-hybridized carbons (Fsp3) is 0.750. The Kier molecular flexibility index (Phi) is 12.8. The van der Waals surface area contributed by atoms with Crippen LogP contribution in [0.1, 0.15) is 44.2 Å². The van der Waals surface area contributed by atoms with Gasteiger partial charge in [-0.05, 0) is 17.5 Å². The van der Waals surface area contributed by atoms with Crippen LogP contribution >= 0.6 is 0 Å². The average molecular weight is 502 g/mol. The molecule has 7 N–H and O–H groups in total. The first-order valence-corrected chi connectivity index (χ1v) is 14.2. The molecule has 3 aliphatic rings. The van der Waals surface area contributed by atoms with Crippen LogP contribution in [-0.2, 0) is 17.8 Å². The quantitative estimate of drug-likeness (QED) is 0.275. The van der Waals surface area contributed by atoms with Gasteiger partial charge in [-0.15, -0.1) is 0 Å². The molecule has 0 aliphatic carbocycles. The zero-order chi connectivity index (χ0) is 25.5. The predicted molar refractivity (Wildman–Crippen MR) is 150 cm³/mol. The van der Waals surface area contributed by atoms with Gasteiger partial charge in [0.25, 0.3) is 0 Å². The van der Waals surface area contributed by atoms with E-state index >= 15 is 0 Å². The minimum absolute atomic E-state index is 0.114. The number of benzene rings is 1. The lowest BCUT2D eigenvalue weighted by Crippen LogP contribution is -2.64. The van der Waals surface area contributed by atoms with Crippen LogP contribution in [0.5, 0.6) is 0 Å². The van der Waals surface area contributed by atoms with Crippen molar-refractivity contribution in [3.05, 3.63) is 35.4 Å². The molecule has 3 heterocycles. The lowest BCUT2D eigenvalue weighted by molar-refractivity contribution is -0.118. The van der Waals surface area contributed by atoms with Crippen LogP contribution < -0.4 is 37.2 Å². The standard InChI is InChI=1S/C28H51N7O/c1-3-9-27-18-29-10-13-32-21-28(22-33-14-11-30-19-27,23-34-15-12-31-20-27)35-17-25-7-5-24(6-8-25)16-26(36)4-2/h5-8,29-35H,3-4,9-23H2,1-2H3. The van der Waals surface area contributed by atoms with Crippen molar-refractivity contribution in [1.82, 2.24) is 37.2 Å². The second kappa shape index (κ2) is 15.8. The van der Waals surface area contributed by atoms with E-state index in [0.29, 0.717) is 12.8 Å². The molecule has 4 rings (SSSR count). The van der Waals surface area contributed by atoms with Crippen molar-refractivity contribution in [3.63, 3.8) is 0 Å². The fourth-order valence-corrected chi connectivity index (χ4v) is 5.35. The Bertz CT molecular complexity index is 711. The molecule has 0 atom stereocenters. The predicted octanol–water partition coefficient (Wildman–Crippen LogP) is 0.388. The Hall–Kier alpha value is -1.39. The van der Waals surface area contributed by atoms with Crippen LogP contribution in [0.4, 0.5) is 0 Å². The van der Waals surface area contributed by atoms with Crippen molar-refractivity contribution in [2.45, 2.75) is 51.6 Å². The Morgan fingerprint density at radius 2 is 1.17 bits per heavy atom. The monoisotopic (exact) mass is 501 g/mol. The van der Waals surface area contributed by atoms with Crippen molar-refractivity contribution < 1.29 is 4.79 Å². The maximum absolute atomic E-state index is 11.8. The molecule has 0 spiro atoms. The van der Waals surface area contributed by atoms with Gasteiger partial charge in [0.2, 0.25) is 0 Å². The highest BCUT2D eigenvalue weighted by Gasteiger charge is 2.31. The lowest BCUT2D eigenvalue weighted by atomic mass is 9.82. The molecule has 0 amide bonds. The number of hydrogen-bond donors (Lipinski definition) is 7. The minimum Gasteiger partial charge on any atom is -0.315 e. The fourth-order valence-electron chi connectivity index (χ4n) is 5.35. The van der Waals surface area contributed by atoms with Crippen LogP contribution in [0.2, 0.25) is 0 Å². The zero-order valence-electron chi connectivity index (χ0n) is 22.7. The Balaban J connectivity index is 1.68. The van der Waals surface area contributed by atoms with Crippen LogP contribution in [0.15, 0.2) is 24.3 Å². The number of hydrogen-bond acceptors (Lipinski definition) is 8. The number of ketones is 1. The smallest absolute Gasteiger partial charge is 0.136 e. The van der Waals surface area contributed by atoms with Crippen molar-refractivity contribution in [1.29, 1.82) is 0 Å². The summed E-state index contributed by atoms with van der Waals surface area (Å²) in [5, 5.41) is 26.3. The van der Waals surface area contributed by atoms with E-state index in [2.05, 4.69) is 68.4 Å². The zero-order valence-corrected chi connectivity index (χ0v) is 22.7. The van der Waals surface area contributed by atoms with Crippen molar-refractivity contribution in [3.8, 4) is 0 Å². The molecule has 0 saturated carbocycles. The van der Waals surface area contributed by atoms with E-state index in [9.17, 15) is 4.79 Å². The molecule has 1 aromatic rings. The third-order valence-electron chi connectivity index (χ3n) is 7.59. The first kappa shape index (κ1) is 29.2. The molecule has 0 aromatic heterocycles. The average Bonchev–Trinajstić information content (AvgIpc) is 2.89. The first-order chi connectivity index (χ1) is 17.6. The maximum atomic E-state index is 11.8. The highest BCUT2D eigenvalue weighted by Crippen LogP contribution is 2.22. The number of fused-ring (bicyclic) bond motifs is 15. The van der Waals surface area contributed by atoms with Crippen molar-refractivity contribution in [2.75, 3.05) is 78.5 Å². The van der Waals surface area contributed by atoms with E-state index in [1.807, 2.05) is 6.92 Å². The van der Waals surface area contributed by atoms with Gasteiger partial charge < -0.3 is 37.2 Å². The van der Waals surface area contributed by atoms with E-state index in [1.54, 1.807) is 0 Å². The Morgan fingerprint density at radius 3 is 1.61 bits per heavy atom. The van der Waals surface area contributed by atoms with Crippen LogP contribution in [0.3, 0.4) is 0 Å². The number of rotatable bonds is 8. The van der Waals surface area contributed by atoms with Gasteiger partial charge in [-0.25, -0.2) is 0 Å². The third-order valence-corrected chi connectivity index (χ3v) is 7.59. The molecule has 2 bridgehead atoms. The normalized spacial score (nSPS) is 27.3. The topological polar surface area (TPSA) is 101 Å². The molecular formula is C28H51N7O. The molecule has 8 nitrogen and oxygen atoms in total. The molecule has 0 unspecified atom stereocenters. The van der Waals surface area contributed by atoms with E-state index in [4.69, 9.17) is 0 Å². The van der Waals surface area contributed by atoms with Gasteiger partial charge in [-0.2, -0.15) is 0 Å². The number of Topliss-reactive ketones (excluding diaryl/α,β-unsaturated/α-hetero) is 1. The van der Waals surface area contributed by atoms with E-state index in [0.717, 1.165) is 90.6 Å². The molecular weight excluding hydrogens is 450 g/mol. The second-order valence-corrected chi connectivity index (χ2v) is 10.8. The van der Waals surface area contributed by atoms with Gasteiger partial charge in [0.1, 0.15) is 5.78 Å². The summed E-state index contributed by atoms with van der Waals surface area (Å²) < 4.78 is 0. The van der Waals surface area contributed by atoms with E-state index in [-0.39, 0.29) is 16.7 Å². The molecule has 204 valence electrons. The van der Waals surface area contributed by atoms with Gasteiger partial charge in [0.15, 0.2) is 0 Å². The van der Waals surface area contributed by atoms with Gasteiger partial charge in [-0.3, -0.25) is 4.79 Å². The number of nitrogens with one attached hydrogen (secondary N) is 7. The highest BCUT2D eigenvalue weighted by molar-refractivity contribution is 5.80. The summed E-state index contributed by atoms with van der Waals surface area (Å²) in [6, 6.07) is 8.50. The summed E-state index contributed by atoms with van der Waals surface area (Å²) in [5.74, 6) is 0.289. The van der Waals surface area contributed by atoms with Crippen molar-refractivity contribution in [2.24, 2.45) is 5.41 Å². The lowest BCUT2D eigenvalue weighted by Gasteiger charge is -2.38. The summed E-state index contributed by atoms with van der Waals surface area (Å²) >= 11 is 0. The highest BCUT2D eigenvalue weighted by atomic mass is 16.1. The molecule has 3 saturated heterocycles. The second-order valence-electron chi connectivity index (χ2n) is 10.8. The SMILES string of the molecule is CCCC12CNCCNCC(NCc3ccc(CC(=O)CC)cc3)(CNCCNC1)CNCCNC2. The van der Waals surface area contributed by atoms with Crippen LogP contribution in [0.25, 0.3) is 0 Å². The van der Waals surface area contributed by atoms with Crippen LogP contribution in [-0.4, -0.2) is 89.9 Å². The minimum atomic E-state index is -0.114. The first-order valence-electron chi connectivity index (χ1n) is 14.2. The van der Waals surface area contributed by atoms with Gasteiger partial charge in [0, 0.05) is 103 Å². The Morgan fingerprint density at radius 1 is 0.722 bits per heavy atom. The molecule has 3 fully saturated rings. The Labute approximate surface area is 218 Å². The summed E-state index contributed by atoms with van der Waals surface area (Å²) in [6.07, 6.45) is 3.55. The van der Waals surface area contributed by atoms with Gasteiger partial charge >= 0.3 is 0 Å². The molecule has 3 aliphatic heterocycles. The molecule has 8 heteroatoms. The number of carbonyl (C=O) groups excluding carboxylic acids is 1. The number of carbonyl (C=O) groups is 1. The molecule has 36 heavy (non-hydrogen) atoms. The van der Waals surface area contributed by atoms with E-state index < -0.39 is 0 Å². The summed E-state index contributed by atoms with van der Waals surface area (Å²) in [6.45, 7) is 16.6. The third kappa shape index (κ3) is 9.82. The molecule has 1 aromatic carbocycles. The van der Waals surface area contributed by atoms with Gasteiger partial charge in [0.05, 0.1) is 5.54 Å². The maximum Gasteiger partial charge on any atom is 0.136 e. The van der Waals surface area contributed by atoms with Crippen LogP contribution in [0, 0.1) is 5.41 Å². The largest absolute Gasteiger partial charge is 0.315 e. The van der Waals surface area contributed by atoms with E-state index in [1.165, 1.54) is 18.4 Å². The summed E-state index contributed by atoms with van der Waals surface area (Å²) in [4.78, 5) is 11.8. The van der Waals surface area contributed by atoms with Gasteiger partial charge in [-0.1, -0.05) is 44.5 Å². The summed E-state index contributed by atoms with van der Waals surface area (Å²) in [7, 11) is 0. The van der Waals surface area contributed by atoms with Crippen molar-refractivity contribution >= 4 is 5.78 Å².